The molecule has 0 saturated carbocycles. The molecule has 0 aliphatic heterocycles. The molecule has 21 heavy (non-hydrogen) atoms. The standard InChI is InChI=1S/C16H23N3O2/c1-5-17-15(12-7-9-13(20-3)10-8-12)16-14(21-4)11-18-19(16)6-2/h7-11,15,17H,5-6H2,1-4H3. The molecule has 0 aliphatic rings. The molecule has 5 nitrogen and oxygen atoms in total. The third-order valence-electron chi connectivity index (χ3n) is 3.50. The average molecular weight is 289 g/mol. The minimum Gasteiger partial charge on any atom is -0.497 e. The monoisotopic (exact) mass is 289 g/mol. The van der Waals surface area contributed by atoms with Gasteiger partial charge in [0, 0.05) is 6.54 Å². The molecule has 1 aromatic heterocycles. The summed E-state index contributed by atoms with van der Waals surface area (Å²) in [4.78, 5) is 0. The molecule has 2 rings (SSSR count). The Labute approximate surface area is 125 Å². The van der Waals surface area contributed by atoms with Crippen molar-refractivity contribution >= 4 is 0 Å². The van der Waals surface area contributed by atoms with Crippen molar-refractivity contribution in [2.24, 2.45) is 0 Å². The molecule has 0 spiro atoms. The van der Waals surface area contributed by atoms with Gasteiger partial charge in [0.1, 0.15) is 11.4 Å². The topological polar surface area (TPSA) is 48.3 Å². The second-order valence-corrected chi connectivity index (χ2v) is 4.68. The molecule has 1 unspecified atom stereocenters. The van der Waals surface area contributed by atoms with E-state index in [4.69, 9.17) is 9.47 Å². The van der Waals surface area contributed by atoms with Gasteiger partial charge < -0.3 is 14.8 Å². The minimum absolute atomic E-state index is 0.0401. The Hall–Kier alpha value is -2.01. The fourth-order valence-electron chi connectivity index (χ4n) is 2.45. The first-order valence-corrected chi connectivity index (χ1v) is 7.22. The molecule has 1 atom stereocenters. The van der Waals surface area contributed by atoms with E-state index in [9.17, 15) is 0 Å². The Morgan fingerprint density at radius 2 is 1.86 bits per heavy atom. The summed E-state index contributed by atoms with van der Waals surface area (Å²) in [6.07, 6.45) is 1.77. The number of aromatic nitrogens is 2. The molecule has 1 aromatic carbocycles. The molecular weight excluding hydrogens is 266 g/mol. The van der Waals surface area contributed by atoms with Crippen molar-refractivity contribution in [2.75, 3.05) is 20.8 Å². The first-order valence-electron chi connectivity index (χ1n) is 7.22. The van der Waals surface area contributed by atoms with Gasteiger partial charge in [0.05, 0.1) is 26.5 Å². The van der Waals surface area contributed by atoms with E-state index in [1.807, 2.05) is 16.8 Å². The summed E-state index contributed by atoms with van der Waals surface area (Å²) in [6, 6.07) is 8.12. The predicted octanol–water partition coefficient (Wildman–Crippen LogP) is 2.62. The van der Waals surface area contributed by atoms with E-state index >= 15 is 0 Å². The van der Waals surface area contributed by atoms with E-state index in [1.54, 1.807) is 20.4 Å². The number of nitrogens with zero attached hydrogens (tertiary/aromatic N) is 2. The smallest absolute Gasteiger partial charge is 0.161 e. The van der Waals surface area contributed by atoms with Crippen LogP contribution < -0.4 is 14.8 Å². The number of nitrogens with one attached hydrogen (secondary N) is 1. The lowest BCUT2D eigenvalue weighted by Crippen LogP contribution is -2.25. The van der Waals surface area contributed by atoms with Gasteiger partial charge in [-0.15, -0.1) is 0 Å². The van der Waals surface area contributed by atoms with E-state index in [-0.39, 0.29) is 6.04 Å². The van der Waals surface area contributed by atoms with Gasteiger partial charge in [0.15, 0.2) is 5.75 Å². The maximum atomic E-state index is 5.47. The molecule has 0 amide bonds. The maximum Gasteiger partial charge on any atom is 0.161 e. The van der Waals surface area contributed by atoms with Crippen molar-refractivity contribution in [3.8, 4) is 11.5 Å². The molecule has 0 aliphatic carbocycles. The van der Waals surface area contributed by atoms with Gasteiger partial charge in [-0.05, 0) is 31.2 Å². The largest absolute Gasteiger partial charge is 0.497 e. The number of rotatable bonds is 7. The van der Waals surface area contributed by atoms with Crippen molar-refractivity contribution < 1.29 is 9.47 Å². The third-order valence-corrected chi connectivity index (χ3v) is 3.50. The first-order chi connectivity index (χ1) is 10.2. The lowest BCUT2D eigenvalue weighted by Gasteiger charge is -2.21. The number of hydrogen-bond donors (Lipinski definition) is 1. The lowest BCUT2D eigenvalue weighted by atomic mass is 10.0. The maximum absolute atomic E-state index is 5.47. The van der Waals surface area contributed by atoms with E-state index in [1.165, 1.54) is 0 Å². The van der Waals surface area contributed by atoms with Crippen molar-refractivity contribution in [3.63, 3.8) is 0 Å². The van der Waals surface area contributed by atoms with Crippen LogP contribution in [0.2, 0.25) is 0 Å². The Morgan fingerprint density at radius 3 is 2.38 bits per heavy atom. The van der Waals surface area contributed by atoms with Crippen LogP contribution in [0.4, 0.5) is 0 Å². The van der Waals surface area contributed by atoms with Crippen LogP contribution in [0.5, 0.6) is 11.5 Å². The molecule has 0 saturated heterocycles. The molecule has 2 aromatic rings. The number of methoxy groups -OCH3 is 2. The molecule has 1 heterocycles. The molecule has 5 heteroatoms. The summed E-state index contributed by atoms with van der Waals surface area (Å²) in [5.41, 5.74) is 2.21. The molecular formula is C16H23N3O2. The van der Waals surface area contributed by atoms with Gasteiger partial charge in [-0.3, -0.25) is 4.68 Å². The summed E-state index contributed by atoms with van der Waals surface area (Å²) < 4.78 is 12.7. The highest BCUT2D eigenvalue weighted by Crippen LogP contribution is 2.30. The van der Waals surface area contributed by atoms with Crippen LogP contribution in [0.25, 0.3) is 0 Å². The van der Waals surface area contributed by atoms with Crippen LogP contribution in [-0.2, 0) is 6.54 Å². The number of benzene rings is 1. The summed E-state index contributed by atoms with van der Waals surface area (Å²) in [5, 5.41) is 7.90. The second-order valence-electron chi connectivity index (χ2n) is 4.68. The predicted molar refractivity (Wildman–Crippen MR) is 83.0 cm³/mol. The minimum atomic E-state index is 0.0401. The quantitative estimate of drug-likeness (QED) is 0.851. The van der Waals surface area contributed by atoms with E-state index in [0.29, 0.717) is 0 Å². The van der Waals surface area contributed by atoms with E-state index < -0.39 is 0 Å². The van der Waals surface area contributed by atoms with Gasteiger partial charge >= 0.3 is 0 Å². The Morgan fingerprint density at radius 1 is 1.14 bits per heavy atom. The fourth-order valence-corrected chi connectivity index (χ4v) is 2.45. The molecule has 0 radical (unpaired) electrons. The lowest BCUT2D eigenvalue weighted by molar-refractivity contribution is 0.399. The van der Waals surface area contributed by atoms with Crippen LogP contribution in [0.15, 0.2) is 30.5 Å². The summed E-state index contributed by atoms with van der Waals surface area (Å²) in [7, 11) is 3.35. The van der Waals surface area contributed by atoms with Crippen molar-refractivity contribution in [2.45, 2.75) is 26.4 Å². The van der Waals surface area contributed by atoms with Gasteiger partial charge in [-0.25, -0.2) is 0 Å². The van der Waals surface area contributed by atoms with Crippen LogP contribution >= 0.6 is 0 Å². The normalized spacial score (nSPS) is 12.2. The van der Waals surface area contributed by atoms with Crippen LogP contribution in [0.1, 0.15) is 31.1 Å². The van der Waals surface area contributed by atoms with E-state index in [0.717, 1.165) is 35.8 Å². The molecule has 1 N–H and O–H groups in total. The first kappa shape index (κ1) is 15.4. The van der Waals surface area contributed by atoms with E-state index in [2.05, 4.69) is 36.4 Å². The van der Waals surface area contributed by atoms with Crippen molar-refractivity contribution in [1.82, 2.24) is 15.1 Å². The highest BCUT2D eigenvalue weighted by atomic mass is 16.5. The summed E-state index contributed by atoms with van der Waals surface area (Å²) >= 11 is 0. The van der Waals surface area contributed by atoms with Crippen LogP contribution in [0.3, 0.4) is 0 Å². The Kier molecular flexibility index (Phi) is 5.22. The number of ether oxygens (including phenoxy) is 2. The highest BCUT2D eigenvalue weighted by Gasteiger charge is 2.22. The second kappa shape index (κ2) is 7.13. The van der Waals surface area contributed by atoms with Gasteiger partial charge in [-0.2, -0.15) is 5.10 Å². The van der Waals surface area contributed by atoms with Crippen molar-refractivity contribution in [3.05, 3.63) is 41.7 Å². The van der Waals surface area contributed by atoms with Crippen LogP contribution in [-0.4, -0.2) is 30.5 Å². The fraction of sp³-hybridized carbons (Fsp3) is 0.438. The van der Waals surface area contributed by atoms with Crippen LogP contribution in [0, 0.1) is 0 Å². The number of aryl methyl sites for hydroxylation is 1. The van der Waals surface area contributed by atoms with Crippen molar-refractivity contribution in [1.29, 1.82) is 0 Å². The molecule has 0 bridgehead atoms. The zero-order valence-electron chi connectivity index (χ0n) is 13.1. The SMILES string of the molecule is CCNC(c1ccc(OC)cc1)c1c(OC)cnn1CC. The van der Waals surface area contributed by atoms with Gasteiger partial charge in [0.25, 0.3) is 0 Å². The zero-order chi connectivity index (χ0) is 15.2. The summed E-state index contributed by atoms with van der Waals surface area (Å²) in [5.74, 6) is 1.66. The highest BCUT2D eigenvalue weighted by molar-refractivity contribution is 5.38. The Balaban J connectivity index is 2.44. The van der Waals surface area contributed by atoms with Gasteiger partial charge in [-0.1, -0.05) is 19.1 Å². The number of hydrogen-bond acceptors (Lipinski definition) is 4. The Bertz CT molecular complexity index is 542. The third kappa shape index (κ3) is 3.19. The zero-order valence-corrected chi connectivity index (χ0v) is 13.1. The average Bonchev–Trinajstić information content (AvgIpc) is 2.95. The molecule has 0 fully saturated rings. The molecule has 114 valence electrons. The summed E-state index contributed by atoms with van der Waals surface area (Å²) in [6.45, 7) is 5.83. The van der Waals surface area contributed by atoms with Gasteiger partial charge in [0.2, 0.25) is 0 Å².